The molecule has 2 saturated heterocycles. The Morgan fingerprint density at radius 3 is 2.30 bits per heavy atom. The van der Waals surface area contributed by atoms with Crippen molar-refractivity contribution in [3.8, 4) is 17.6 Å². The normalized spacial score (nSPS) is 16.5. The average Bonchev–Trinajstić information content (AvgIpc) is 4.23. The monoisotopic (exact) mass is 1160 g/mol. The van der Waals surface area contributed by atoms with Gasteiger partial charge in [-0.3, -0.25) is 24.7 Å². The number of amides is 4. The number of piperidine rings is 2. The molecule has 4 amide bonds. The fourth-order valence-corrected chi connectivity index (χ4v) is 11.3. The third-order valence-corrected chi connectivity index (χ3v) is 16.7. The lowest BCUT2D eigenvalue weighted by atomic mass is 10.0. The minimum atomic E-state index is -4.47. The van der Waals surface area contributed by atoms with Crippen molar-refractivity contribution < 1.29 is 60.0 Å². The zero-order chi connectivity index (χ0) is 57.8. The number of nitrogens with one attached hydrogen (secondary N) is 4. The molecule has 8 rings (SSSR count). The second-order valence-corrected chi connectivity index (χ2v) is 22.7. The second kappa shape index (κ2) is 27.5. The first-order chi connectivity index (χ1) is 38.8. The summed E-state index contributed by atoms with van der Waals surface area (Å²) in [6.45, 7) is 4.47. The van der Waals surface area contributed by atoms with Crippen molar-refractivity contribution in [3.05, 3.63) is 112 Å². The van der Waals surface area contributed by atoms with Gasteiger partial charge in [0.05, 0.1) is 81.6 Å². The zero-order valence-electron chi connectivity index (χ0n) is 45.7. The minimum absolute atomic E-state index is 0.0188. The van der Waals surface area contributed by atoms with Gasteiger partial charge in [0.2, 0.25) is 21.8 Å². The van der Waals surface area contributed by atoms with Crippen molar-refractivity contribution in [2.45, 2.75) is 81.6 Å². The van der Waals surface area contributed by atoms with Gasteiger partial charge in [-0.15, -0.1) is 0 Å². The van der Waals surface area contributed by atoms with Crippen LogP contribution in [0.1, 0.15) is 59.9 Å². The molecule has 19 nitrogen and oxygen atoms in total. The van der Waals surface area contributed by atoms with Gasteiger partial charge in [0.25, 0.3) is 0 Å². The van der Waals surface area contributed by atoms with Gasteiger partial charge >= 0.3 is 12.2 Å². The number of aliphatic hydroxyl groups is 1. The van der Waals surface area contributed by atoms with Crippen LogP contribution >= 0.6 is 11.6 Å². The summed E-state index contributed by atoms with van der Waals surface area (Å²) in [5, 5.41) is 24.1. The van der Waals surface area contributed by atoms with E-state index in [0.29, 0.717) is 39.4 Å². The number of carbonyl (C=O) groups is 3. The van der Waals surface area contributed by atoms with Crippen LogP contribution in [0.25, 0.3) is 10.9 Å². The number of aryl methyl sites for hydroxylation is 1. The van der Waals surface area contributed by atoms with E-state index in [4.69, 9.17) is 30.5 Å². The Morgan fingerprint density at radius 1 is 0.901 bits per heavy atom. The van der Waals surface area contributed by atoms with Crippen molar-refractivity contribution >= 4 is 67.4 Å². The highest BCUT2D eigenvalue weighted by atomic mass is 35.5. The maximum atomic E-state index is 13.8. The number of hydrogen-bond donors (Lipinski definition) is 5. The van der Waals surface area contributed by atoms with Crippen LogP contribution in [0.2, 0.25) is 5.02 Å². The number of urea groups is 1. The smallest absolute Gasteiger partial charge is 0.406 e. The number of methoxy groups -OCH3 is 1. The van der Waals surface area contributed by atoms with Crippen LogP contribution in [-0.2, 0) is 53.5 Å². The number of anilines is 3. The fourth-order valence-electron chi connectivity index (χ4n) is 9.99. The number of likely N-dealkylation sites (tertiary alicyclic amines) is 1. The number of aromatic nitrogens is 1. The average molecular weight is 1160 g/mol. The summed E-state index contributed by atoms with van der Waals surface area (Å²) in [5.41, 5.74) is 5.60. The Hall–Kier alpha value is -6.46. The molecule has 1 unspecified atom stereocenters. The Kier molecular flexibility index (Phi) is 20.6. The third kappa shape index (κ3) is 16.0. The largest absolute Gasteiger partial charge is 0.495 e. The number of alkyl halides is 3. The number of rotatable bonds is 24. The van der Waals surface area contributed by atoms with Gasteiger partial charge in [-0.1, -0.05) is 47.9 Å². The van der Waals surface area contributed by atoms with Crippen molar-refractivity contribution in [2.75, 3.05) is 109 Å². The first-order valence-electron chi connectivity index (χ1n) is 26.7. The van der Waals surface area contributed by atoms with Crippen LogP contribution in [0.3, 0.4) is 0 Å². The maximum Gasteiger partial charge on any atom is 0.406 e. The SMILES string of the molecule is COc1cc(S(=O)(=O)N(C)CCOCCOCCOCCN(C(=O)NCc2ccc3c(c2)CN(C2CC(=O)NC(=O)C2)C3O)c2ccc(C)c(Cl)c2)ccc1NCC#Cc1cc2c(NC3CCN(C)CC3)cccc2n1CC(F)(F)F. The lowest BCUT2D eigenvalue weighted by Gasteiger charge is -2.32. The number of likely N-dealkylation sites (N-methyl/N-ethyl adjacent to an activating group) is 1. The van der Waals surface area contributed by atoms with E-state index in [1.807, 2.05) is 31.2 Å². The fraction of sp³-hybridized carbons (Fsp3) is 0.456. The molecule has 3 aliphatic heterocycles. The molecule has 0 radical (unpaired) electrons. The van der Waals surface area contributed by atoms with Crippen molar-refractivity contribution in [1.29, 1.82) is 0 Å². The van der Waals surface area contributed by atoms with E-state index in [9.17, 15) is 41.1 Å². The van der Waals surface area contributed by atoms with E-state index in [1.165, 1.54) is 35.8 Å². The topological polar surface area (TPSA) is 209 Å². The molecule has 5 N–H and O–H groups in total. The Balaban J connectivity index is 0.747. The van der Waals surface area contributed by atoms with Gasteiger partial charge in [-0.05, 0) is 111 Å². The van der Waals surface area contributed by atoms with Crippen molar-refractivity contribution in [1.82, 2.24) is 29.3 Å². The molecule has 4 aromatic carbocycles. The summed E-state index contributed by atoms with van der Waals surface area (Å²) in [7, 11) is 0.941. The number of carbonyl (C=O) groups excluding carboxylic acids is 3. The van der Waals surface area contributed by atoms with Crippen LogP contribution in [0.5, 0.6) is 5.75 Å². The number of hydrogen-bond acceptors (Lipinski definition) is 14. The molecule has 0 saturated carbocycles. The Labute approximate surface area is 475 Å². The highest BCUT2D eigenvalue weighted by Gasteiger charge is 2.38. The number of imide groups is 1. The molecule has 4 heterocycles. The summed E-state index contributed by atoms with van der Waals surface area (Å²) >= 11 is 6.45. The van der Waals surface area contributed by atoms with E-state index in [0.717, 1.165) is 52.6 Å². The number of fused-ring (bicyclic) bond motifs is 2. The number of benzene rings is 4. The number of halogens is 4. The van der Waals surface area contributed by atoms with Gasteiger partial charge < -0.3 is 49.5 Å². The van der Waals surface area contributed by atoms with Crippen LogP contribution < -0.4 is 30.9 Å². The van der Waals surface area contributed by atoms with E-state index in [2.05, 4.69) is 45.1 Å². The van der Waals surface area contributed by atoms with Gasteiger partial charge in [-0.2, -0.15) is 17.5 Å². The van der Waals surface area contributed by atoms with E-state index >= 15 is 0 Å². The molecule has 1 atom stereocenters. The van der Waals surface area contributed by atoms with Gasteiger partial charge in [0, 0.05) is 79.5 Å². The van der Waals surface area contributed by atoms with Crippen LogP contribution in [0, 0.1) is 18.8 Å². The molecule has 81 heavy (non-hydrogen) atoms. The lowest BCUT2D eigenvalue weighted by Crippen LogP contribution is -2.47. The minimum Gasteiger partial charge on any atom is -0.495 e. The lowest BCUT2D eigenvalue weighted by molar-refractivity contribution is -0.140. The summed E-state index contributed by atoms with van der Waals surface area (Å²) in [4.78, 5) is 43.2. The molecule has 2 fully saturated rings. The number of nitrogens with zero attached hydrogens (tertiary/aromatic N) is 5. The van der Waals surface area contributed by atoms with Gasteiger partial charge in [0.1, 0.15) is 18.5 Å². The third-order valence-electron chi connectivity index (χ3n) is 14.5. The molecule has 0 bridgehead atoms. The van der Waals surface area contributed by atoms with Gasteiger partial charge in [-0.25, -0.2) is 13.2 Å². The summed E-state index contributed by atoms with van der Waals surface area (Å²) in [6.07, 6.45) is -3.36. The Bertz CT molecular complexity index is 3200. The number of ether oxygens (including phenoxy) is 4. The predicted molar refractivity (Wildman–Crippen MR) is 302 cm³/mol. The Morgan fingerprint density at radius 2 is 1.60 bits per heavy atom. The summed E-state index contributed by atoms with van der Waals surface area (Å²) in [5.74, 6) is 5.33. The first-order valence-corrected chi connectivity index (χ1v) is 28.5. The van der Waals surface area contributed by atoms with E-state index in [1.54, 1.807) is 47.4 Å². The van der Waals surface area contributed by atoms with Crippen LogP contribution in [0.15, 0.2) is 83.8 Å². The molecule has 436 valence electrons. The van der Waals surface area contributed by atoms with E-state index in [-0.39, 0.29) is 119 Å². The molecule has 1 aromatic heterocycles. The molecule has 5 aromatic rings. The molecule has 0 spiro atoms. The highest BCUT2D eigenvalue weighted by molar-refractivity contribution is 7.89. The maximum absolute atomic E-state index is 13.8. The quantitative estimate of drug-likeness (QED) is 0.0244. The number of aliphatic hydroxyl groups excluding tert-OH is 1. The zero-order valence-corrected chi connectivity index (χ0v) is 47.3. The van der Waals surface area contributed by atoms with E-state index < -0.39 is 35.0 Å². The molecular formula is C57H69ClF3N9O10S. The molecular weight excluding hydrogens is 1100 g/mol. The molecule has 0 aliphatic carbocycles. The summed E-state index contributed by atoms with van der Waals surface area (Å²) < 4.78 is 93.6. The standard InChI is InChI=1S/C57H69ClF3N9O10S/c1-38-10-12-43(31-48(38)58)68(56(74)63-35-39-11-14-46-40(29-39)36-69(55(46)73)44-32-53(71)65-54(72)33-44)22-24-79-26-28-80-27-25-78-23-21-67(3)81(75,76)45-13-15-50(52(34-45)77-4)62-18-6-7-42-30-47-49(64-41-16-19-66(2)20-17-41)8-5-9-51(47)70(42)37-57(59,60)61/h5,8-15,29-31,34,41,44,55,62,64,73H,16-28,32-33,35-37H2,1-4H3,(H,63,74)(H,65,71,72). The molecule has 3 aliphatic rings. The van der Waals surface area contributed by atoms with Crippen molar-refractivity contribution in [3.63, 3.8) is 0 Å². The predicted octanol–water partition coefficient (Wildman–Crippen LogP) is 6.84. The first kappa shape index (κ1) is 60.6. The van der Waals surface area contributed by atoms with Crippen LogP contribution in [0.4, 0.5) is 35.0 Å². The summed E-state index contributed by atoms with van der Waals surface area (Å²) in [6, 6.07) is 21.6. The van der Waals surface area contributed by atoms with Crippen molar-refractivity contribution in [2.24, 2.45) is 0 Å². The van der Waals surface area contributed by atoms with Gasteiger partial charge in [0.15, 0.2) is 0 Å². The molecule has 24 heteroatoms. The second-order valence-electron chi connectivity index (χ2n) is 20.2. The van der Waals surface area contributed by atoms with Crippen LogP contribution in [-0.4, -0.2) is 162 Å². The number of sulfonamides is 1. The highest BCUT2D eigenvalue weighted by Crippen LogP contribution is 2.37.